The topological polar surface area (TPSA) is 123 Å². The number of piperidine rings is 1. The van der Waals surface area contributed by atoms with E-state index < -0.39 is 17.9 Å². The fourth-order valence-electron chi connectivity index (χ4n) is 4.18. The fourth-order valence-corrected chi connectivity index (χ4v) is 4.43. The number of carbonyl (C=O) groups is 4. The summed E-state index contributed by atoms with van der Waals surface area (Å²) in [5, 5.41) is 10.9. The minimum Gasteiger partial charge on any atom is -0.465 e. The van der Waals surface area contributed by atoms with E-state index in [0.29, 0.717) is 28.9 Å². The van der Waals surface area contributed by atoms with Gasteiger partial charge >= 0.3 is 5.97 Å². The van der Waals surface area contributed by atoms with Crippen molar-refractivity contribution in [3.05, 3.63) is 64.3 Å². The molecule has 2 aromatic carbocycles. The highest BCUT2D eigenvalue weighted by molar-refractivity contribution is 6.33. The van der Waals surface area contributed by atoms with Crippen LogP contribution in [0.1, 0.15) is 39.1 Å². The van der Waals surface area contributed by atoms with E-state index in [2.05, 4.69) is 15.6 Å². The number of hydrogen-bond acceptors (Lipinski definition) is 7. The molecule has 0 aliphatic carbocycles. The lowest BCUT2D eigenvalue weighted by atomic mass is 10.0. The summed E-state index contributed by atoms with van der Waals surface area (Å²) in [6, 6.07) is 9.47. The van der Waals surface area contributed by atoms with E-state index in [0.717, 1.165) is 5.56 Å². The highest BCUT2D eigenvalue weighted by Crippen LogP contribution is 2.30. The highest BCUT2D eigenvalue weighted by atomic mass is 35.5. The number of esters is 1. The van der Waals surface area contributed by atoms with Crippen LogP contribution in [0.25, 0.3) is 16.9 Å². The van der Waals surface area contributed by atoms with Gasteiger partial charge in [0.1, 0.15) is 11.7 Å². The van der Waals surface area contributed by atoms with Crippen LogP contribution in [0.3, 0.4) is 0 Å². The van der Waals surface area contributed by atoms with E-state index in [1.54, 1.807) is 41.2 Å². The van der Waals surface area contributed by atoms with Gasteiger partial charge in [0.2, 0.25) is 11.8 Å². The molecule has 3 aromatic rings. The molecule has 1 saturated heterocycles. The smallest absolute Gasteiger partial charge is 0.339 e. The van der Waals surface area contributed by atoms with Crippen molar-refractivity contribution in [2.45, 2.75) is 25.4 Å². The summed E-state index contributed by atoms with van der Waals surface area (Å²) < 4.78 is 6.27. The van der Waals surface area contributed by atoms with Crippen LogP contribution in [-0.2, 0) is 20.9 Å². The van der Waals surface area contributed by atoms with Crippen LogP contribution in [0.5, 0.6) is 0 Å². The average Bonchev–Trinajstić information content (AvgIpc) is 3.44. The Morgan fingerprint density at radius 1 is 1.18 bits per heavy atom. The van der Waals surface area contributed by atoms with Crippen molar-refractivity contribution in [1.82, 2.24) is 25.2 Å². The first-order valence-corrected chi connectivity index (χ1v) is 10.8. The van der Waals surface area contributed by atoms with E-state index in [9.17, 15) is 19.2 Å². The number of amides is 3. The van der Waals surface area contributed by atoms with Crippen LogP contribution in [0.4, 0.5) is 0 Å². The van der Waals surface area contributed by atoms with E-state index in [-0.39, 0.29) is 35.4 Å². The van der Waals surface area contributed by atoms with Crippen molar-refractivity contribution >= 4 is 35.3 Å². The van der Waals surface area contributed by atoms with Crippen LogP contribution >= 0.6 is 11.6 Å². The maximum Gasteiger partial charge on any atom is 0.339 e. The molecule has 0 bridgehead atoms. The van der Waals surface area contributed by atoms with Gasteiger partial charge < -0.3 is 9.64 Å². The monoisotopic (exact) mass is 479 g/mol. The zero-order valence-corrected chi connectivity index (χ0v) is 18.7. The summed E-state index contributed by atoms with van der Waals surface area (Å²) in [4.78, 5) is 49.8. The minimum absolute atomic E-state index is 0.203. The van der Waals surface area contributed by atoms with Crippen molar-refractivity contribution in [1.29, 1.82) is 0 Å². The van der Waals surface area contributed by atoms with E-state index in [1.165, 1.54) is 12.0 Å². The second-order valence-electron chi connectivity index (χ2n) is 7.98. The molecule has 34 heavy (non-hydrogen) atoms. The number of ether oxygens (including phenoxy) is 1. The maximum atomic E-state index is 12.9. The van der Waals surface area contributed by atoms with Crippen molar-refractivity contribution < 1.29 is 23.9 Å². The Morgan fingerprint density at radius 3 is 2.74 bits per heavy atom. The lowest BCUT2D eigenvalue weighted by Gasteiger charge is -2.29. The highest BCUT2D eigenvalue weighted by Gasteiger charge is 2.39. The van der Waals surface area contributed by atoms with Gasteiger partial charge in [-0.15, -0.1) is 5.10 Å². The fraction of sp³-hybridized carbons (Fsp3) is 0.217. The van der Waals surface area contributed by atoms with Crippen molar-refractivity contribution in [3.8, 4) is 16.9 Å². The number of benzene rings is 2. The summed E-state index contributed by atoms with van der Waals surface area (Å²) >= 11 is 6.21. The molecule has 2 aliphatic heterocycles. The van der Waals surface area contributed by atoms with Gasteiger partial charge in [-0.3, -0.25) is 19.7 Å². The zero-order valence-electron chi connectivity index (χ0n) is 17.9. The molecule has 1 unspecified atom stereocenters. The molecule has 1 atom stereocenters. The molecular formula is C23H18ClN5O5. The molecule has 11 heteroatoms. The molecule has 0 saturated carbocycles. The Labute approximate surface area is 198 Å². The quantitative estimate of drug-likeness (QED) is 0.449. The Balaban J connectivity index is 1.38. The van der Waals surface area contributed by atoms with Crippen LogP contribution in [0, 0.1) is 0 Å². The first kappa shape index (κ1) is 21.8. The van der Waals surface area contributed by atoms with Gasteiger partial charge in [0, 0.05) is 24.1 Å². The Hall–Kier alpha value is -4.05. The summed E-state index contributed by atoms with van der Waals surface area (Å²) in [5.74, 6) is -1.54. The molecular weight excluding hydrogens is 462 g/mol. The number of nitrogens with one attached hydrogen (secondary N) is 1. The van der Waals surface area contributed by atoms with Crippen molar-refractivity contribution in [3.63, 3.8) is 0 Å². The normalized spacial score (nSPS) is 17.5. The predicted molar refractivity (Wildman–Crippen MR) is 119 cm³/mol. The molecule has 10 nitrogen and oxygen atoms in total. The van der Waals surface area contributed by atoms with E-state index in [4.69, 9.17) is 16.3 Å². The van der Waals surface area contributed by atoms with E-state index >= 15 is 0 Å². The number of fused-ring (bicyclic) bond motifs is 1. The minimum atomic E-state index is -0.670. The second-order valence-corrected chi connectivity index (χ2v) is 8.38. The number of carbonyl (C=O) groups excluding carboxylic acids is 4. The molecule has 172 valence electrons. The molecule has 5 rings (SSSR count). The molecule has 2 aliphatic rings. The van der Waals surface area contributed by atoms with Gasteiger partial charge in [-0.05, 0) is 42.3 Å². The summed E-state index contributed by atoms with van der Waals surface area (Å²) in [5.41, 5.74) is 3.43. The number of imide groups is 1. The largest absolute Gasteiger partial charge is 0.465 e. The molecule has 1 aromatic heterocycles. The van der Waals surface area contributed by atoms with Gasteiger partial charge in [-0.25, -0.2) is 9.48 Å². The predicted octanol–water partition coefficient (Wildman–Crippen LogP) is 2.14. The third kappa shape index (κ3) is 3.71. The SMILES string of the molecule is COC(=O)c1ccc(-c2cn(-c3ccc4c(c3)CN(C3CCC(=O)NC3=O)C4=O)nn2)cc1Cl. The lowest BCUT2D eigenvalue weighted by molar-refractivity contribution is -0.136. The number of hydrogen-bond donors (Lipinski definition) is 1. The van der Waals surface area contributed by atoms with Gasteiger partial charge in [0.15, 0.2) is 0 Å². The van der Waals surface area contributed by atoms with Crippen LogP contribution in [0.15, 0.2) is 42.6 Å². The number of rotatable bonds is 4. The molecule has 3 heterocycles. The summed E-state index contributed by atoms with van der Waals surface area (Å²) in [6.07, 6.45) is 2.22. The molecule has 0 spiro atoms. The molecule has 1 fully saturated rings. The molecule has 1 N–H and O–H groups in total. The number of methoxy groups -OCH3 is 1. The van der Waals surface area contributed by atoms with Gasteiger partial charge in [-0.1, -0.05) is 22.9 Å². The van der Waals surface area contributed by atoms with Crippen LogP contribution in [-0.4, -0.2) is 56.7 Å². The summed E-state index contributed by atoms with van der Waals surface area (Å²) in [6.45, 7) is 0.264. The van der Waals surface area contributed by atoms with Gasteiger partial charge in [-0.2, -0.15) is 0 Å². The third-order valence-corrected chi connectivity index (χ3v) is 6.25. The Bertz CT molecular complexity index is 1370. The number of nitrogens with zero attached hydrogens (tertiary/aromatic N) is 4. The lowest BCUT2D eigenvalue weighted by Crippen LogP contribution is -2.52. The Kier molecular flexibility index (Phi) is 5.37. The van der Waals surface area contributed by atoms with Crippen LogP contribution in [0.2, 0.25) is 5.02 Å². The van der Waals surface area contributed by atoms with Crippen molar-refractivity contribution in [2.75, 3.05) is 7.11 Å². The van der Waals surface area contributed by atoms with Crippen LogP contribution < -0.4 is 5.32 Å². The van der Waals surface area contributed by atoms with Gasteiger partial charge in [0.25, 0.3) is 5.91 Å². The standard InChI is InChI=1S/C23H18ClN5O5/c1-34-23(33)16-4-2-12(9-17(16)24)18-11-29(27-26-18)14-3-5-15-13(8-14)10-28(22(15)32)19-6-7-20(30)25-21(19)31/h2-5,8-9,11,19H,6-7,10H2,1H3,(H,25,30,31). The first-order chi connectivity index (χ1) is 16.4. The molecule has 3 amide bonds. The zero-order chi connectivity index (χ0) is 24.0. The van der Waals surface area contributed by atoms with Crippen molar-refractivity contribution in [2.24, 2.45) is 0 Å². The van der Waals surface area contributed by atoms with Gasteiger partial charge in [0.05, 0.1) is 29.6 Å². The summed E-state index contributed by atoms with van der Waals surface area (Å²) in [7, 11) is 1.28. The number of aromatic nitrogens is 3. The average molecular weight is 480 g/mol. The first-order valence-electron chi connectivity index (χ1n) is 10.4. The third-order valence-electron chi connectivity index (χ3n) is 5.94. The number of halogens is 1. The second kappa shape index (κ2) is 8.38. The van der Waals surface area contributed by atoms with E-state index in [1.807, 2.05) is 6.07 Å². The molecule has 0 radical (unpaired) electrons. The Morgan fingerprint density at radius 2 is 2.00 bits per heavy atom. The maximum absolute atomic E-state index is 12.9.